The third-order valence-electron chi connectivity index (χ3n) is 3.36. The average molecular weight is 251 g/mol. The molecular formula is C14H9N3O2. The standard InChI is InChI=1S/C14H9N3O2/c18-13-9-6-11-8(5-12(9)16-14(19)17-13)7-3-1-2-4-10(7)15-11/h1-6,15H,(H2,16,17,18,19). The third kappa shape index (κ3) is 1.35. The monoisotopic (exact) mass is 251 g/mol. The zero-order chi connectivity index (χ0) is 13.0. The van der Waals surface area contributed by atoms with E-state index >= 15 is 0 Å². The number of nitrogens with one attached hydrogen (secondary N) is 3. The van der Waals surface area contributed by atoms with Gasteiger partial charge in [0.15, 0.2) is 0 Å². The van der Waals surface area contributed by atoms with E-state index in [1.54, 1.807) is 6.07 Å². The van der Waals surface area contributed by atoms with Crippen molar-refractivity contribution in [2.75, 3.05) is 0 Å². The quantitative estimate of drug-likeness (QED) is 0.446. The van der Waals surface area contributed by atoms with Gasteiger partial charge in [0.1, 0.15) is 0 Å². The van der Waals surface area contributed by atoms with Crippen molar-refractivity contribution in [1.29, 1.82) is 0 Å². The third-order valence-corrected chi connectivity index (χ3v) is 3.36. The Morgan fingerprint density at radius 2 is 1.42 bits per heavy atom. The summed E-state index contributed by atoms with van der Waals surface area (Å²) in [5.74, 6) is 0. The maximum Gasteiger partial charge on any atom is 0.326 e. The molecule has 2 aromatic carbocycles. The Hall–Kier alpha value is -2.82. The van der Waals surface area contributed by atoms with E-state index in [1.165, 1.54) is 0 Å². The molecule has 4 aromatic rings. The van der Waals surface area contributed by atoms with Crippen LogP contribution in [0.5, 0.6) is 0 Å². The van der Waals surface area contributed by atoms with Gasteiger partial charge in [-0.25, -0.2) is 4.79 Å². The van der Waals surface area contributed by atoms with Crippen LogP contribution in [0.2, 0.25) is 0 Å². The minimum atomic E-state index is -0.489. The van der Waals surface area contributed by atoms with Crippen molar-refractivity contribution in [2.45, 2.75) is 0 Å². The van der Waals surface area contributed by atoms with Gasteiger partial charge in [-0.05, 0) is 18.2 Å². The molecule has 0 saturated carbocycles. The smallest absolute Gasteiger partial charge is 0.326 e. The van der Waals surface area contributed by atoms with Crippen molar-refractivity contribution in [1.82, 2.24) is 15.0 Å². The highest BCUT2D eigenvalue weighted by atomic mass is 16.2. The second-order valence-corrected chi connectivity index (χ2v) is 4.52. The van der Waals surface area contributed by atoms with E-state index < -0.39 is 5.69 Å². The molecule has 0 unspecified atom stereocenters. The molecule has 0 radical (unpaired) electrons. The molecule has 0 aliphatic carbocycles. The number of benzene rings is 2. The van der Waals surface area contributed by atoms with Gasteiger partial charge in [0.25, 0.3) is 5.56 Å². The van der Waals surface area contributed by atoms with Crippen molar-refractivity contribution in [2.24, 2.45) is 0 Å². The largest absolute Gasteiger partial charge is 0.354 e. The molecule has 0 amide bonds. The molecule has 0 atom stereocenters. The molecule has 2 aromatic heterocycles. The Labute approximate surface area is 105 Å². The van der Waals surface area contributed by atoms with Crippen LogP contribution >= 0.6 is 0 Å². The lowest BCUT2D eigenvalue weighted by Gasteiger charge is -1.97. The number of H-pyrrole nitrogens is 3. The normalized spacial score (nSPS) is 11.6. The van der Waals surface area contributed by atoms with Gasteiger partial charge in [-0.15, -0.1) is 0 Å². The number of para-hydroxylation sites is 1. The Bertz CT molecular complexity index is 1050. The van der Waals surface area contributed by atoms with Gasteiger partial charge >= 0.3 is 5.69 Å². The SMILES string of the molecule is O=c1[nH]c(=O)c2cc3[nH]c4ccccc4c3cc2[nH]1. The maximum absolute atomic E-state index is 11.8. The maximum atomic E-state index is 11.8. The number of hydrogen-bond donors (Lipinski definition) is 3. The fourth-order valence-electron chi connectivity index (χ4n) is 2.51. The molecule has 19 heavy (non-hydrogen) atoms. The lowest BCUT2D eigenvalue weighted by molar-refractivity contribution is 1.08. The molecule has 0 aliphatic rings. The summed E-state index contributed by atoms with van der Waals surface area (Å²) in [5.41, 5.74) is 1.57. The van der Waals surface area contributed by atoms with Crippen LogP contribution in [0.4, 0.5) is 0 Å². The number of hydrogen-bond acceptors (Lipinski definition) is 2. The van der Waals surface area contributed by atoms with Crippen molar-refractivity contribution in [3.05, 3.63) is 57.2 Å². The summed E-state index contributed by atoms with van der Waals surface area (Å²) in [5, 5.41) is 2.53. The first kappa shape index (κ1) is 10.1. The highest BCUT2D eigenvalue weighted by Crippen LogP contribution is 2.27. The van der Waals surface area contributed by atoms with Crippen LogP contribution in [0.3, 0.4) is 0 Å². The first-order valence-electron chi connectivity index (χ1n) is 5.89. The first-order chi connectivity index (χ1) is 9.22. The lowest BCUT2D eigenvalue weighted by Crippen LogP contribution is -2.21. The molecule has 0 fully saturated rings. The van der Waals surface area contributed by atoms with E-state index in [2.05, 4.69) is 15.0 Å². The summed E-state index contributed by atoms with van der Waals surface area (Å²) < 4.78 is 0. The Morgan fingerprint density at radius 3 is 2.32 bits per heavy atom. The fraction of sp³-hybridized carbons (Fsp3) is 0. The second kappa shape index (κ2) is 3.35. The summed E-state index contributed by atoms with van der Waals surface area (Å²) in [6, 6.07) is 11.5. The minimum Gasteiger partial charge on any atom is -0.354 e. The molecule has 0 aliphatic heterocycles. The molecule has 5 nitrogen and oxygen atoms in total. The Morgan fingerprint density at radius 1 is 0.684 bits per heavy atom. The summed E-state index contributed by atoms with van der Waals surface area (Å²) >= 11 is 0. The lowest BCUT2D eigenvalue weighted by atomic mass is 10.1. The van der Waals surface area contributed by atoms with E-state index in [-0.39, 0.29) is 5.56 Å². The van der Waals surface area contributed by atoms with Crippen molar-refractivity contribution in [3.8, 4) is 0 Å². The van der Waals surface area contributed by atoms with Crippen molar-refractivity contribution < 1.29 is 0 Å². The topological polar surface area (TPSA) is 81.5 Å². The van der Waals surface area contributed by atoms with Gasteiger partial charge in [0.05, 0.1) is 10.9 Å². The van der Waals surface area contributed by atoms with Gasteiger partial charge in [-0.2, -0.15) is 0 Å². The fourth-order valence-corrected chi connectivity index (χ4v) is 2.51. The number of rotatable bonds is 0. The van der Waals surface area contributed by atoms with E-state index in [9.17, 15) is 9.59 Å². The minimum absolute atomic E-state index is 0.376. The predicted molar refractivity (Wildman–Crippen MR) is 74.6 cm³/mol. The summed E-state index contributed by atoms with van der Waals surface area (Å²) in [4.78, 5) is 31.2. The van der Waals surface area contributed by atoms with E-state index in [0.29, 0.717) is 10.9 Å². The zero-order valence-electron chi connectivity index (χ0n) is 9.78. The highest BCUT2D eigenvalue weighted by molar-refractivity contribution is 6.11. The number of aromatic nitrogens is 3. The molecule has 0 saturated heterocycles. The Balaban J connectivity index is 2.31. The van der Waals surface area contributed by atoms with Crippen LogP contribution in [0.15, 0.2) is 46.0 Å². The zero-order valence-corrected chi connectivity index (χ0v) is 9.78. The van der Waals surface area contributed by atoms with Crippen LogP contribution < -0.4 is 11.2 Å². The van der Waals surface area contributed by atoms with E-state index in [0.717, 1.165) is 21.8 Å². The van der Waals surface area contributed by atoms with Gasteiger partial charge in [-0.3, -0.25) is 9.78 Å². The van der Waals surface area contributed by atoms with Gasteiger partial charge in [0.2, 0.25) is 0 Å². The first-order valence-corrected chi connectivity index (χ1v) is 5.89. The van der Waals surface area contributed by atoms with Crippen LogP contribution in [0.25, 0.3) is 32.7 Å². The predicted octanol–water partition coefficient (Wildman–Crippen LogP) is 1.85. The van der Waals surface area contributed by atoms with Crippen LogP contribution in [-0.2, 0) is 0 Å². The molecule has 92 valence electrons. The van der Waals surface area contributed by atoms with Crippen LogP contribution in [0.1, 0.15) is 0 Å². The highest BCUT2D eigenvalue weighted by Gasteiger charge is 2.07. The van der Waals surface area contributed by atoms with E-state index in [1.807, 2.05) is 30.3 Å². The number of fused-ring (bicyclic) bond motifs is 4. The summed E-state index contributed by atoms with van der Waals surface area (Å²) in [7, 11) is 0. The van der Waals surface area contributed by atoms with Gasteiger partial charge in [0, 0.05) is 21.8 Å². The molecule has 0 bridgehead atoms. The van der Waals surface area contributed by atoms with Crippen molar-refractivity contribution >= 4 is 32.7 Å². The number of aromatic amines is 3. The molecule has 2 heterocycles. The van der Waals surface area contributed by atoms with Crippen molar-refractivity contribution in [3.63, 3.8) is 0 Å². The summed E-state index contributed by atoms with van der Waals surface area (Å²) in [6.07, 6.45) is 0. The van der Waals surface area contributed by atoms with Crippen LogP contribution in [-0.4, -0.2) is 15.0 Å². The average Bonchev–Trinajstić information content (AvgIpc) is 2.74. The van der Waals surface area contributed by atoms with Gasteiger partial charge in [-0.1, -0.05) is 18.2 Å². The van der Waals surface area contributed by atoms with Gasteiger partial charge < -0.3 is 9.97 Å². The molecule has 4 rings (SSSR count). The second-order valence-electron chi connectivity index (χ2n) is 4.52. The molecular weight excluding hydrogens is 242 g/mol. The van der Waals surface area contributed by atoms with Crippen LogP contribution in [0, 0.1) is 0 Å². The molecule has 5 heteroatoms. The van der Waals surface area contributed by atoms with E-state index in [4.69, 9.17) is 0 Å². The molecule has 3 N–H and O–H groups in total. The molecule has 0 spiro atoms. The Kier molecular flexibility index (Phi) is 1.79. The summed E-state index contributed by atoms with van der Waals surface area (Å²) in [6.45, 7) is 0.